The zero-order valence-corrected chi connectivity index (χ0v) is 48.7. The monoisotopic (exact) mass is 1270 g/mol. The number of hydrogen-bond donors (Lipinski definition) is 9. The summed E-state index contributed by atoms with van der Waals surface area (Å²) in [5.41, 5.74) is 6.91. The van der Waals surface area contributed by atoms with Gasteiger partial charge in [0.1, 0.15) is 122 Å². The van der Waals surface area contributed by atoms with Gasteiger partial charge in [-0.25, -0.2) is 43.1 Å². The number of benzene rings is 3. The Morgan fingerprint density at radius 1 is 0.483 bits per heavy atom. The fourth-order valence-corrected chi connectivity index (χ4v) is 11.1. The van der Waals surface area contributed by atoms with Crippen molar-refractivity contribution in [2.75, 3.05) is 32.7 Å². The Kier molecular flexibility index (Phi) is 15.6. The van der Waals surface area contributed by atoms with E-state index >= 15 is 0 Å². The SMILES string of the molecule is CC1(c2cccc(F)c2)NC(=O)c2c(Cl)cc(Nc3cc(N)ncn3)c(=O)n21.CC1(c2cccc(F)c2)NC(=O)c2c(Cl)cc(Nc3cc(N)ncn3)c(=O)n21.CC1(c2cccc(F)c2)NC(=O)c2c(Cl)cc(Nc3cc(NC(=O)C4CC4)ncn3)c(=O)n21. The molecule has 9 aromatic rings. The van der Waals surface area contributed by atoms with Crippen LogP contribution in [0.15, 0.2) is 143 Å². The van der Waals surface area contributed by atoms with Crippen LogP contribution in [-0.2, 0) is 21.8 Å². The highest BCUT2D eigenvalue weighted by atomic mass is 35.5. The summed E-state index contributed by atoms with van der Waals surface area (Å²) >= 11 is 19.0. The number of halogens is 6. The van der Waals surface area contributed by atoms with Crippen LogP contribution in [0.2, 0.25) is 15.1 Å². The van der Waals surface area contributed by atoms with Gasteiger partial charge in [0.25, 0.3) is 34.4 Å². The molecule has 6 aromatic heterocycles. The number of anilines is 9. The number of carbonyl (C=O) groups excluding carboxylic acids is 4. The van der Waals surface area contributed by atoms with Gasteiger partial charge in [-0.2, -0.15) is 0 Å². The largest absolute Gasteiger partial charge is 0.384 e. The third-order valence-corrected chi connectivity index (χ3v) is 15.6. The molecule has 3 aromatic carbocycles. The first-order valence-electron chi connectivity index (χ1n) is 26.6. The maximum absolute atomic E-state index is 13.9. The molecule has 3 aliphatic heterocycles. The number of amides is 4. The van der Waals surface area contributed by atoms with E-state index in [2.05, 4.69) is 67.1 Å². The molecule has 89 heavy (non-hydrogen) atoms. The summed E-state index contributed by atoms with van der Waals surface area (Å²) in [5.74, 6) is -1.70. The molecule has 25 nitrogen and oxygen atoms in total. The first-order chi connectivity index (χ1) is 42.3. The van der Waals surface area contributed by atoms with Gasteiger partial charge in [-0.1, -0.05) is 71.2 Å². The van der Waals surface area contributed by atoms with Gasteiger partial charge in [0.05, 0.1) is 15.1 Å². The molecule has 31 heteroatoms. The van der Waals surface area contributed by atoms with E-state index in [0.29, 0.717) is 22.5 Å². The molecule has 1 saturated carbocycles. The van der Waals surface area contributed by atoms with E-state index in [1.165, 1.54) is 124 Å². The van der Waals surface area contributed by atoms with Crippen LogP contribution in [0.3, 0.4) is 0 Å². The Morgan fingerprint density at radius 3 is 1.11 bits per heavy atom. The summed E-state index contributed by atoms with van der Waals surface area (Å²) in [5, 5.41) is 19.6. The van der Waals surface area contributed by atoms with E-state index in [1.807, 2.05) is 0 Å². The lowest BCUT2D eigenvalue weighted by Crippen LogP contribution is -2.46. The normalized spacial score (nSPS) is 18.3. The van der Waals surface area contributed by atoms with Crippen LogP contribution in [0, 0.1) is 23.4 Å². The Balaban J connectivity index is 0.000000138. The fourth-order valence-electron chi connectivity index (χ4n) is 10.3. The van der Waals surface area contributed by atoms with Gasteiger partial charge in [-0.15, -0.1) is 0 Å². The lowest BCUT2D eigenvalue weighted by atomic mass is 10.0. The fraction of sp³-hybridized carbons (Fsp3) is 0.155. The Morgan fingerprint density at radius 2 is 0.798 bits per heavy atom. The van der Waals surface area contributed by atoms with Crippen LogP contribution in [0.4, 0.5) is 65.1 Å². The van der Waals surface area contributed by atoms with Crippen molar-refractivity contribution in [2.45, 2.75) is 50.6 Å². The molecule has 3 atom stereocenters. The van der Waals surface area contributed by atoms with Crippen LogP contribution < -0.4 is 65.4 Å². The quantitative estimate of drug-likeness (QED) is 0.0607. The van der Waals surface area contributed by atoms with Crippen LogP contribution in [0.25, 0.3) is 0 Å². The van der Waals surface area contributed by atoms with Crippen molar-refractivity contribution in [1.29, 1.82) is 0 Å². The van der Waals surface area contributed by atoms with Crippen LogP contribution in [0.1, 0.15) is 81.8 Å². The molecular formula is C58H46Cl3F3N18O7. The highest BCUT2D eigenvalue weighted by Gasteiger charge is 2.46. The number of aromatic nitrogens is 9. The van der Waals surface area contributed by atoms with Gasteiger partial charge in [0.15, 0.2) is 0 Å². The zero-order chi connectivity index (χ0) is 63.4. The van der Waals surface area contributed by atoms with Crippen molar-refractivity contribution in [2.24, 2.45) is 5.92 Å². The van der Waals surface area contributed by atoms with Crippen molar-refractivity contribution in [1.82, 2.24) is 59.6 Å². The van der Waals surface area contributed by atoms with Gasteiger partial charge < -0.3 is 48.7 Å². The second kappa shape index (κ2) is 23.2. The van der Waals surface area contributed by atoms with E-state index in [1.54, 1.807) is 39.0 Å². The number of rotatable bonds is 11. The number of nitrogens with one attached hydrogen (secondary N) is 7. The Hall–Kier alpha value is -10.7. The molecule has 0 spiro atoms. The van der Waals surface area contributed by atoms with E-state index in [4.69, 9.17) is 46.3 Å². The van der Waals surface area contributed by atoms with Crippen LogP contribution >= 0.6 is 34.8 Å². The van der Waals surface area contributed by atoms with Crippen molar-refractivity contribution < 1.29 is 32.3 Å². The third kappa shape index (κ3) is 11.5. The predicted molar refractivity (Wildman–Crippen MR) is 323 cm³/mol. The van der Waals surface area contributed by atoms with Gasteiger partial charge >= 0.3 is 0 Å². The Labute approximate surface area is 514 Å². The summed E-state index contributed by atoms with van der Waals surface area (Å²) in [6.45, 7) is 4.79. The topological polar surface area (TPSA) is 348 Å². The maximum atomic E-state index is 13.9. The minimum absolute atomic E-state index is 0.00192. The molecular weight excluding hydrogens is 1220 g/mol. The molecule has 452 valence electrons. The van der Waals surface area contributed by atoms with Crippen molar-refractivity contribution in [3.05, 3.63) is 226 Å². The summed E-state index contributed by atoms with van der Waals surface area (Å²) < 4.78 is 45.1. The standard InChI is InChI=1S/C22H18ClFN6O3.2C18H14ClFN6O2/c1-22(12-3-2-4-13(24)7-12)29-20(32)18-14(23)8-15(21(33)30(18)22)27-16-9-17(26-10-25-16)28-19(31)11-5-6-11;2*1-18(9-3-2-4-10(20)5-9)25-16(27)15-11(19)6-12(17(28)26(15)18)24-14-7-13(21)22-8-23-14/h2-4,7-11H,5-6H2,1H3,(H,29,32)(H2,25,26,27,28,31);2*2-8H,1H3,(H,25,27)(H3,21,22,23,24). The molecule has 0 radical (unpaired) electrons. The molecule has 3 unspecified atom stereocenters. The molecule has 1 fully saturated rings. The predicted octanol–water partition coefficient (Wildman–Crippen LogP) is 7.43. The second-order valence-electron chi connectivity index (χ2n) is 20.9. The summed E-state index contributed by atoms with van der Waals surface area (Å²) in [6, 6.07) is 25.3. The molecule has 0 saturated heterocycles. The lowest BCUT2D eigenvalue weighted by Gasteiger charge is -2.28. The average Bonchev–Trinajstić information content (AvgIpc) is 1.62. The molecule has 1 aliphatic carbocycles. The smallest absolute Gasteiger partial charge is 0.277 e. The third-order valence-electron chi connectivity index (χ3n) is 14.7. The van der Waals surface area contributed by atoms with Crippen LogP contribution in [0.5, 0.6) is 0 Å². The maximum Gasteiger partial charge on any atom is 0.277 e. The van der Waals surface area contributed by atoms with Gasteiger partial charge in [-0.05, 0) is 88.2 Å². The molecule has 4 amide bonds. The number of pyridine rings is 3. The lowest BCUT2D eigenvalue weighted by molar-refractivity contribution is -0.117. The second-order valence-corrected chi connectivity index (χ2v) is 22.1. The van der Waals surface area contributed by atoms with E-state index < -0.39 is 68.8 Å². The first kappa shape index (κ1) is 60.0. The van der Waals surface area contributed by atoms with Gasteiger partial charge in [0, 0.05) is 40.8 Å². The summed E-state index contributed by atoms with van der Waals surface area (Å²) in [4.78, 5) is 113. The highest BCUT2D eigenvalue weighted by molar-refractivity contribution is 6.35. The number of nitrogen functional groups attached to an aromatic ring is 2. The number of hydrogen-bond acceptors (Lipinski definition) is 18. The van der Waals surface area contributed by atoms with Gasteiger partial charge in [0.2, 0.25) is 5.91 Å². The van der Waals surface area contributed by atoms with Crippen LogP contribution in [-0.4, -0.2) is 67.2 Å². The van der Waals surface area contributed by atoms with E-state index in [9.17, 15) is 46.7 Å². The highest BCUT2D eigenvalue weighted by Crippen LogP contribution is 2.38. The van der Waals surface area contributed by atoms with E-state index in [0.717, 1.165) is 12.8 Å². The van der Waals surface area contributed by atoms with E-state index in [-0.39, 0.29) is 90.1 Å². The number of nitrogens with two attached hydrogens (primary N) is 2. The molecule has 0 bridgehead atoms. The number of fused-ring (bicyclic) bond motifs is 3. The van der Waals surface area contributed by atoms with Crippen molar-refractivity contribution in [3.8, 4) is 0 Å². The molecule has 4 aliphatic rings. The minimum atomic E-state index is -1.36. The first-order valence-corrected chi connectivity index (χ1v) is 27.7. The number of nitrogens with zero attached hydrogens (tertiary/aromatic N) is 9. The van der Waals surface area contributed by atoms with Crippen molar-refractivity contribution in [3.63, 3.8) is 0 Å². The molecule has 13 rings (SSSR count). The van der Waals surface area contributed by atoms with Gasteiger partial charge in [-0.3, -0.25) is 47.3 Å². The minimum Gasteiger partial charge on any atom is -0.384 e. The molecule has 11 N–H and O–H groups in total. The summed E-state index contributed by atoms with van der Waals surface area (Å²) in [7, 11) is 0. The summed E-state index contributed by atoms with van der Waals surface area (Å²) in [6.07, 6.45) is 5.43. The zero-order valence-electron chi connectivity index (χ0n) is 46.4. The average molecular weight is 1270 g/mol. The number of carbonyl (C=O) groups is 4. The van der Waals surface area contributed by atoms with Crippen molar-refractivity contribution >= 4 is 110 Å². The Bertz CT molecular complexity index is 4460. The molecule has 9 heterocycles.